The van der Waals surface area contributed by atoms with Crippen molar-refractivity contribution in [1.29, 1.82) is 0 Å². The van der Waals surface area contributed by atoms with Crippen molar-refractivity contribution < 1.29 is 0 Å². The molecular formula is C14H28N2. The quantitative estimate of drug-likeness (QED) is 0.792. The second-order valence-corrected chi connectivity index (χ2v) is 6.07. The minimum atomic E-state index is 0.782. The van der Waals surface area contributed by atoms with Crippen molar-refractivity contribution >= 4 is 0 Å². The van der Waals surface area contributed by atoms with Crippen LogP contribution in [0.1, 0.15) is 46.0 Å². The summed E-state index contributed by atoms with van der Waals surface area (Å²) in [6.07, 6.45) is 7.08. The van der Waals surface area contributed by atoms with Crippen LogP contribution < -0.4 is 5.32 Å². The van der Waals surface area contributed by atoms with E-state index in [-0.39, 0.29) is 0 Å². The number of hydrogen-bond donors (Lipinski definition) is 1. The molecule has 1 heterocycles. The van der Waals surface area contributed by atoms with Crippen molar-refractivity contribution in [2.75, 3.05) is 20.1 Å². The molecule has 2 rings (SSSR count). The summed E-state index contributed by atoms with van der Waals surface area (Å²) in [5.74, 6) is 1.81. The molecule has 1 N–H and O–H groups in total. The normalized spacial score (nSPS) is 41.4. The van der Waals surface area contributed by atoms with Crippen molar-refractivity contribution in [3.8, 4) is 0 Å². The van der Waals surface area contributed by atoms with Crippen molar-refractivity contribution in [2.45, 2.75) is 58.0 Å². The zero-order chi connectivity index (χ0) is 11.5. The second-order valence-electron chi connectivity index (χ2n) is 6.07. The van der Waals surface area contributed by atoms with Gasteiger partial charge in [0.05, 0.1) is 0 Å². The molecule has 0 bridgehead atoms. The van der Waals surface area contributed by atoms with E-state index in [0.717, 1.165) is 23.9 Å². The van der Waals surface area contributed by atoms with Crippen molar-refractivity contribution in [1.82, 2.24) is 10.2 Å². The Labute approximate surface area is 101 Å². The van der Waals surface area contributed by atoms with Gasteiger partial charge in [-0.2, -0.15) is 0 Å². The molecule has 2 nitrogen and oxygen atoms in total. The molecule has 1 saturated carbocycles. The van der Waals surface area contributed by atoms with Crippen LogP contribution in [0.3, 0.4) is 0 Å². The molecule has 94 valence electrons. The zero-order valence-electron chi connectivity index (χ0n) is 11.2. The fourth-order valence-electron chi connectivity index (χ4n) is 3.57. The van der Waals surface area contributed by atoms with Crippen LogP contribution in [0.25, 0.3) is 0 Å². The summed E-state index contributed by atoms with van der Waals surface area (Å²) in [5.41, 5.74) is 0. The summed E-state index contributed by atoms with van der Waals surface area (Å²) >= 11 is 0. The van der Waals surface area contributed by atoms with Crippen LogP contribution in [0.15, 0.2) is 0 Å². The number of likely N-dealkylation sites (tertiary alicyclic amines) is 1. The van der Waals surface area contributed by atoms with Crippen LogP contribution >= 0.6 is 0 Å². The van der Waals surface area contributed by atoms with Crippen molar-refractivity contribution in [3.05, 3.63) is 0 Å². The lowest BCUT2D eigenvalue weighted by Gasteiger charge is -2.39. The van der Waals surface area contributed by atoms with Gasteiger partial charge in [-0.25, -0.2) is 0 Å². The SMILES string of the molecule is CNC1CCCC1CN1CC(C)CCC1C. The van der Waals surface area contributed by atoms with Gasteiger partial charge in [-0.05, 0) is 51.5 Å². The lowest BCUT2D eigenvalue weighted by molar-refractivity contribution is 0.100. The van der Waals surface area contributed by atoms with Crippen LogP contribution in [-0.2, 0) is 0 Å². The van der Waals surface area contributed by atoms with E-state index >= 15 is 0 Å². The molecule has 0 amide bonds. The van der Waals surface area contributed by atoms with Gasteiger partial charge in [0.2, 0.25) is 0 Å². The lowest BCUT2D eigenvalue weighted by atomic mass is 9.93. The first-order valence-corrected chi connectivity index (χ1v) is 7.12. The zero-order valence-corrected chi connectivity index (χ0v) is 11.2. The third-order valence-corrected chi connectivity index (χ3v) is 4.75. The summed E-state index contributed by atoms with van der Waals surface area (Å²) in [5, 5.41) is 3.50. The van der Waals surface area contributed by atoms with E-state index in [9.17, 15) is 0 Å². The van der Waals surface area contributed by atoms with Crippen LogP contribution in [-0.4, -0.2) is 37.1 Å². The first kappa shape index (κ1) is 12.4. The van der Waals surface area contributed by atoms with Gasteiger partial charge in [-0.3, -0.25) is 0 Å². The van der Waals surface area contributed by atoms with E-state index in [0.29, 0.717) is 0 Å². The highest BCUT2D eigenvalue weighted by molar-refractivity contribution is 4.87. The van der Waals surface area contributed by atoms with E-state index in [1.807, 2.05) is 0 Å². The number of piperidine rings is 1. The molecule has 4 atom stereocenters. The fourth-order valence-corrected chi connectivity index (χ4v) is 3.57. The number of hydrogen-bond acceptors (Lipinski definition) is 2. The largest absolute Gasteiger partial charge is 0.317 e. The molecular weight excluding hydrogens is 196 g/mol. The topological polar surface area (TPSA) is 15.3 Å². The molecule has 2 aliphatic rings. The molecule has 1 aliphatic heterocycles. The maximum Gasteiger partial charge on any atom is 0.0104 e. The van der Waals surface area contributed by atoms with Crippen LogP contribution in [0.4, 0.5) is 0 Å². The van der Waals surface area contributed by atoms with Crippen LogP contribution in [0.5, 0.6) is 0 Å². The standard InChI is InChI=1S/C14H28N2/c1-11-7-8-12(2)16(9-11)10-13-5-4-6-14(13)15-3/h11-15H,4-10H2,1-3H3. The Bertz CT molecular complexity index is 217. The summed E-state index contributed by atoms with van der Waals surface area (Å²) < 4.78 is 0. The van der Waals surface area contributed by atoms with Gasteiger partial charge in [0, 0.05) is 25.2 Å². The van der Waals surface area contributed by atoms with E-state index < -0.39 is 0 Å². The van der Waals surface area contributed by atoms with Crippen LogP contribution in [0, 0.1) is 11.8 Å². The minimum absolute atomic E-state index is 0.782. The van der Waals surface area contributed by atoms with Gasteiger partial charge >= 0.3 is 0 Å². The molecule has 2 heteroatoms. The molecule has 2 fully saturated rings. The Morgan fingerprint density at radius 3 is 2.69 bits per heavy atom. The first-order chi connectivity index (χ1) is 7.70. The van der Waals surface area contributed by atoms with E-state index in [2.05, 4.69) is 31.1 Å². The third kappa shape index (κ3) is 2.78. The highest BCUT2D eigenvalue weighted by Crippen LogP contribution is 2.29. The summed E-state index contributed by atoms with van der Waals surface area (Å²) in [7, 11) is 2.13. The average molecular weight is 224 g/mol. The molecule has 1 saturated heterocycles. The maximum atomic E-state index is 3.50. The van der Waals surface area contributed by atoms with Crippen molar-refractivity contribution in [2.24, 2.45) is 11.8 Å². The minimum Gasteiger partial charge on any atom is -0.317 e. The predicted octanol–water partition coefficient (Wildman–Crippen LogP) is 2.49. The maximum absolute atomic E-state index is 3.50. The van der Waals surface area contributed by atoms with Gasteiger partial charge in [0.25, 0.3) is 0 Å². The van der Waals surface area contributed by atoms with E-state index in [1.54, 1.807) is 0 Å². The van der Waals surface area contributed by atoms with Gasteiger partial charge in [0.1, 0.15) is 0 Å². The van der Waals surface area contributed by atoms with E-state index in [4.69, 9.17) is 0 Å². The second kappa shape index (κ2) is 5.50. The first-order valence-electron chi connectivity index (χ1n) is 7.12. The Kier molecular flexibility index (Phi) is 4.26. The number of nitrogens with one attached hydrogen (secondary N) is 1. The molecule has 1 aliphatic carbocycles. The smallest absolute Gasteiger partial charge is 0.0104 e. The van der Waals surface area contributed by atoms with Crippen molar-refractivity contribution in [3.63, 3.8) is 0 Å². The monoisotopic (exact) mass is 224 g/mol. The predicted molar refractivity (Wildman–Crippen MR) is 69.6 cm³/mol. The molecule has 0 aromatic carbocycles. The van der Waals surface area contributed by atoms with Gasteiger partial charge in [-0.15, -0.1) is 0 Å². The summed E-state index contributed by atoms with van der Waals surface area (Å²) in [6.45, 7) is 7.48. The molecule has 4 unspecified atom stereocenters. The Morgan fingerprint density at radius 2 is 1.94 bits per heavy atom. The Morgan fingerprint density at radius 1 is 1.12 bits per heavy atom. The Hall–Kier alpha value is -0.0800. The molecule has 0 aromatic rings. The highest BCUT2D eigenvalue weighted by atomic mass is 15.2. The van der Waals surface area contributed by atoms with Gasteiger partial charge < -0.3 is 10.2 Å². The number of nitrogens with zero attached hydrogens (tertiary/aromatic N) is 1. The molecule has 0 radical (unpaired) electrons. The fraction of sp³-hybridized carbons (Fsp3) is 1.00. The Balaban J connectivity index is 1.87. The summed E-state index contributed by atoms with van der Waals surface area (Å²) in [4.78, 5) is 2.74. The summed E-state index contributed by atoms with van der Waals surface area (Å²) in [6, 6.07) is 1.60. The lowest BCUT2D eigenvalue weighted by Crippen LogP contribution is -2.46. The third-order valence-electron chi connectivity index (χ3n) is 4.75. The van der Waals surface area contributed by atoms with Gasteiger partial charge in [-0.1, -0.05) is 13.3 Å². The number of rotatable bonds is 3. The van der Waals surface area contributed by atoms with E-state index in [1.165, 1.54) is 45.2 Å². The molecule has 0 aromatic heterocycles. The molecule has 16 heavy (non-hydrogen) atoms. The average Bonchev–Trinajstić information content (AvgIpc) is 2.71. The van der Waals surface area contributed by atoms with Crippen LogP contribution in [0.2, 0.25) is 0 Å². The molecule has 0 spiro atoms. The van der Waals surface area contributed by atoms with Gasteiger partial charge in [0.15, 0.2) is 0 Å². The highest BCUT2D eigenvalue weighted by Gasteiger charge is 2.31.